The predicted octanol–water partition coefficient (Wildman–Crippen LogP) is 3.04. The zero-order valence-corrected chi connectivity index (χ0v) is 11.5. The van der Waals surface area contributed by atoms with Crippen molar-refractivity contribution in [3.63, 3.8) is 0 Å². The number of hydrogen-bond donors (Lipinski definition) is 0. The minimum absolute atomic E-state index is 0.0282. The Labute approximate surface area is 120 Å². The standard InChI is InChI=1S/C14H13NO6/c1-3-20-14(16)13-7-6-12(21-13)10-8-9(15(17)18)4-5-11(10)19-2/h4-8H,3H2,1-2H3. The van der Waals surface area contributed by atoms with Crippen molar-refractivity contribution in [2.45, 2.75) is 6.92 Å². The van der Waals surface area contributed by atoms with Gasteiger partial charge in [-0.1, -0.05) is 0 Å². The fourth-order valence-electron chi connectivity index (χ4n) is 1.80. The number of furan rings is 1. The Morgan fingerprint density at radius 2 is 2.10 bits per heavy atom. The van der Waals surface area contributed by atoms with Gasteiger partial charge in [0.1, 0.15) is 11.5 Å². The van der Waals surface area contributed by atoms with Gasteiger partial charge in [0.2, 0.25) is 5.76 Å². The lowest BCUT2D eigenvalue weighted by atomic mass is 10.1. The van der Waals surface area contributed by atoms with Gasteiger partial charge in [-0.2, -0.15) is 0 Å². The minimum Gasteiger partial charge on any atom is -0.496 e. The molecule has 0 saturated carbocycles. The maximum atomic E-state index is 11.6. The molecule has 0 aliphatic heterocycles. The molecule has 1 heterocycles. The Hall–Kier alpha value is -2.83. The summed E-state index contributed by atoms with van der Waals surface area (Å²) >= 11 is 0. The number of nitro groups is 1. The van der Waals surface area contributed by atoms with E-state index in [1.807, 2.05) is 0 Å². The molecule has 2 aromatic rings. The Kier molecular flexibility index (Phi) is 4.22. The zero-order chi connectivity index (χ0) is 15.4. The number of methoxy groups -OCH3 is 1. The Morgan fingerprint density at radius 1 is 1.33 bits per heavy atom. The molecule has 0 unspecified atom stereocenters. The van der Waals surface area contributed by atoms with Crippen molar-refractivity contribution in [1.82, 2.24) is 0 Å². The van der Waals surface area contributed by atoms with Crippen LogP contribution in [-0.4, -0.2) is 24.6 Å². The largest absolute Gasteiger partial charge is 0.496 e. The number of carbonyl (C=O) groups is 1. The molecule has 0 saturated heterocycles. The van der Waals surface area contributed by atoms with Crippen LogP contribution in [0.25, 0.3) is 11.3 Å². The average molecular weight is 291 g/mol. The summed E-state index contributed by atoms with van der Waals surface area (Å²) in [4.78, 5) is 21.9. The number of hydrogen-bond acceptors (Lipinski definition) is 6. The van der Waals surface area contributed by atoms with Crippen molar-refractivity contribution in [2.24, 2.45) is 0 Å². The first-order valence-corrected chi connectivity index (χ1v) is 6.16. The first kappa shape index (κ1) is 14.6. The SMILES string of the molecule is CCOC(=O)c1ccc(-c2cc([N+](=O)[O-])ccc2OC)o1. The van der Waals surface area contributed by atoms with Crippen LogP contribution in [0.4, 0.5) is 5.69 Å². The van der Waals surface area contributed by atoms with Crippen LogP contribution in [0.2, 0.25) is 0 Å². The summed E-state index contributed by atoms with van der Waals surface area (Å²) in [5, 5.41) is 10.8. The van der Waals surface area contributed by atoms with Crippen LogP contribution in [0.15, 0.2) is 34.7 Å². The van der Waals surface area contributed by atoms with Crippen molar-refractivity contribution >= 4 is 11.7 Å². The van der Waals surface area contributed by atoms with Gasteiger partial charge in [0.05, 0.1) is 24.2 Å². The summed E-state index contributed by atoms with van der Waals surface area (Å²) in [5.41, 5.74) is 0.294. The number of rotatable bonds is 5. The van der Waals surface area contributed by atoms with E-state index in [4.69, 9.17) is 13.9 Å². The highest BCUT2D eigenvalue weighted by atomic mass is 16.6. The summed E-state index contributed by atoms with van der Waals surface area (Å²) in [6, 6.07) is 7.11. The first-order valence-electron chi connectivity index (χ1n) is 6.16. The fourth-order valence-corrected chi connectivity index (χ4v) is 1.80. The third-order valence-electron chi connectivity index (χ3n) is 2.74. The average Bonchev–Trinajstić information content (AvgIpc) is 2.96. The first-order chi connectivity index (χ1) is 10.1. The minimum atomic E-state index is -0.590. The van der Waals surface area contributed by atoms with Gasteiger partial charge in [-0.15, -0.1) is 0 Å². The number of non-ortho nitro benzene ring substituents is 1. The highest BCUT2D eigenvalue weighted by Crippen LogP contribution is 2.34. The number of nitro benzene ring substituents is 1. The van der Waals surface area contributed by atoms with Gasteiger partial charge in [0.25, 0.3) is 5.69 Å². The van der Waals surface area contributed by atoms with Crippen molar-refractivity contribution in [1.29, 1.82) is 0 Å². The second-order valence-electron chi connectivity index (χ2n) is 4.03. The van der Waals surface area contributed by atoms with Crippen molar-refractivity contribution < 1.29 is 23.6 Å². The third kappa shape index (κ3) is 3.02. The number of esters is 1. The molecule has 0 fully saturated rings. The molecule has 1 aromatic carbocycles. The number of carbonyl (C=O) groups excluding carboxylic acids is 1. The van der Waals surface area contributed by atoms with Crippen LogP contribution in [0.1, 0.15) is 17.5 Å². The van der Waals surface area contributed by atoms with Crippen molar-refractivity contribution in [3.8, 4) is 17.1 Å². The van der Waals surface area contributed by atoms with Crippen LogP contribution < -0.4 is 4.74 Å². The molecule has 0 bridgehead atoms. The molecule has 2 rings (SSSR count). The molecule has 0 amide bonds. The number of nitrogens with zero attached hydrogens (tertiary/aromatic N) is 1. The summed E-state index contributed by atoms with van der Waals surface area (Å²) in [5.74, 6) is 0.137. The van der Waals surface area contributed by atoms with E-state index in [0.29, 0.717) is 17.1 Å². The van der Waals surface area contributed by atoms with Gasteiger partial charge in [-0.25, -0.2) is 4.79 Å². The molecule has 0 spiro atoms. The lowest BCUT2D eigenvalue weighted by Gasteiger charge is -2.05. The van der Waals surface area contributed by atoms with E-state index in [-0.39, 0.29) is 18.1 Å². The van der Waals surface area contributed by atoms with Gasteiger partial charge < -0.3 is 13.9 Å². The van der Waals surface area contributed by atoms with E-state index in [9.17, 15) is 14.9 Å². The normalized spacial score (nSPS) is 10.2. The summed E-state index contributed by atoms with van der Waals surface area (Å²) in [6.07, 6.45) is 0. The van der Waals surface area contributed by atoms with Gasteiger partial charge in [0.15, 0.2) is 0 Å². The molecule has 0 aliphatic rings. The maximum absolute atomic E-state index is 11.6. The summed E-state index contributed by atoms with van der Waals surface area (Å²) < 4.78 is 15.4. The van der Waals surface area contributed by atoms with Crippen LogP contribution in [0.5, 0.6) is 5.75 Å². The highest BCUT2D eigenvalue weighted by molar-refractivity contribution is 5.87. The van der Waals surface area contributed by atoms with E-state index in [1.54, 1.807) is 6.92 Å². The smallest absolute Gasteiger partial charge is 0.374 e. The van der Waals surface area contributed by atoms with E-state index < -0.39 is 10.9 Å². The highest BCUT2D eigenvalue weighted by Gasteiger charge is 2.18. The van der Waals surface area contributed by atoms with Crippen LogP contribution in [0, 0.1) is 10.1 Å². The summed E-state index contributed by atoms with van der Waals surface area (Å²) in [6.45, 7) is 1.92. The van der Waals surface area contributed by atoms with E-state index in [1.165, 1.54) is 37.4 Å². The molecular formula is C14H13NO6. The molecule has 0 atom stereocenters. The van der Waals surface area contributed by atoms with Gasteiger partial charge in [-0.05, 0) is 25.1 Å². The van der Waals surface area contributed by atoms with Gasteiger partial charge in [0, 0.05) is 12.1 Å². The van der Waals surface area contributed by atoms with Crippen LogP contribution in [-0.2, 0) is 4.74 Å². The van der Waals surface area contributed by atoms with E-state index in [0.717, 1.165) is 0 Å². The van der Waals surface area contributed by atoms with Crippen molar-refractivity contribution in [3.05, 3.63) is 46.2 Å². The molecule has 7 nitrogen and oxygen atoms in total. The molecule has 0 aliphatic carbocycles. The van der Waals surface area contributed by atoms with E-state index >= 15 is 0 Å². The van der Waals surface area contributed by atoms with Crippen molar-refractivity contribution in [2.75, 3.05) is 13.7 Å². The Bertz CT molecular complexity index is 676. The maximum Gasteiger partial charge on any atom is 0.374 e. The lowest BCUT2D eigenvalue weighted by Crippen LogP contribution is -2.02. The zero-order valence-electron chi connectivity index (χ0n) is 11.5. The third-order valence-corrected chi connectivity index (χ3v) is 2.74. The van der Waals surface area contributed by atoms with E-state index in [2.05, 4.69) is 0 Å². The molecule has 0 radical (unpaired) electrons. The predicted molar refractivity (Wildman–Crippen MR) is 73.3 cm³/mol. The topological polar surface area (TPSA) is 91.8 Å². The van der Waals surface area contributed by atoms with Crippen LogP contribution >= 0.6 is 0 Å². The van der Waals surface area contributed by atoms with Gasteiger partial charge >= 0.3 is 5.97 Å². The molecule has 110 valence electrons. The Morgan fingerprint density at radius 3 is 2.71 bits per heavy atom. The Balaban J connectivity index is 2.43. The summed E-state index contributed by atoms with van der Waals surface area (Å²) in [7, 11) is 1.44. The second-order valence-corrected chi connectivity index (χ2v) is 4.03. The molecule has 7 heteroatoms. The van der Waals surface area contributed by atoms with Gasteiger partial charge in [-0.3, -0.25) is 10.1 Å². The lowest BCUT2D eigenvalue weighted by molar-refractivity contribution is -0.384. The molecule has 0 N–H and O–H groups in total. The quantitative estimate of drug-likeness (QED) is 0.477. The second kappa shape index (κ2) is 6.08. The molecular weight excluding hydrogens is 278 g/mol. The molecule has 21 heavy (non-hydrogen) atoms. The number of ether oxygens (including phenoxy) is 2. The molecule has 1 aromatic heterocycles. The van der Waals surface area contributed by atoms with Crippen LogP contribution in [0.3, 0.4) is 0 Å². The fraction of sp³-hybridized carbons (Fsp3) is 0.214. The monoisotopic (exact) mass is 291 g/mol. The number of benzene rings is 1.